The normalized spacial score (nSPS) is 18.2. The van der Waals surface area contributed by atoms with Crippen molar-refractivity contribution in [2.24, 2.45) is 0 Å². The van der Waals surface area contributed by atoms with E-state index in [1.165, 1.54) is 0 Å². The Bertz CT molecular complexity index is 802. The molecule has 1 aliphatic heterocycles. The Balaban J connectivity index is 1.66. The van der Waals surface area contributed by atoms with Crippen LogP contribution >= 0.6 is 0 Å². The SMILES string of the molecule is Cc1cc(C(=O)NC2(c3ccc4c(c3)OCCO4)CCCC2)c(C)o1. The largest absolute Gasteiger partial charge is 0.486 e. The van der Waals surface area contributed by atoms with Gasteiger partial charge in [0.25, 0.3) is 5.91 Å². The molecule has 1 amide bonds. The standard InChI is InChI=1S/C20H23NO4/c1-13-11-16(14(2)25-13)19(22)21-20(7-3-4-8-20)15-5-6-17-18(12-15)24-10-9-23-17/h5-6,11-12H,3-4,7-10H2,1-2H3,(H,21,22). The molecular weight excluding hydrogens is 318 g/mol. The Hall–Kier alpha value is -2.43. The predicted molar refractivity (Wildman–Crippen MR) is 93.2 cm³/mol. The summed E-state index contributed by atoms with van der Waals surface area (Å²) >= 11 is 0. The maximum Gasteiger partial charge on any atom is 0.255 e. The van der Waals surface area contributed by atoms with E-state index in [9.17, 15) is 4.79 Å². The number of nitrogens with one attached hydrogen (secondary N) is 1. The number of aryl methyl sites for hydroxylation is 2. The highest BCUT2D eigenvalue weighted by Gasteiger charge is 2.38. The predicted octanol–water partition coefficient (Wildman–Crippen LogP) is 3.87. The van der Waals surface area contributed by atoms with Crippen molar-refractivity contribution in [2.75, 3.05) is 13.2 Å². The average Bonchev–Trinajstić information content (AvgIpc) is 3.21. The molecule has 2 aliphatic rings. The molecule has 0 saturated heterocycles. The van der Waals surface area contributed by atoms with Gasteiger partial charge in [-0.05, 0) is 50.5 Å². The van der Waals surface area contributed by atoms with Crippen molar-refractivity contribution in [1.82, 2.24) is 5.32 Å². The second kappa shape index (κ2) is 6.14. The number of hydrogen-bond donors (Lipinski definition) is 1. The van der Waals surface area contributed by atoms with Crippen LogP contribution in [0.15, 0.2) is 28.7 Å². The van der Waals surface area contributed by atoms with Gasteiger partial charge in [-0.1, -0.05) is 18.9 Å². The summed E-state index contributed by atoms with van der Waals surface area (Å²) in [5.41, 5.74) is 1.34. The molecule has 0 spiro atoms. The first kappa shape index (κ1) is 16.1. The minimum atomic E-state index is -0.357. The molecule has 2 heterocycles. The van der Waals surface area contributed by atoms with Gasteiger partial charge in [-0.2, -0.15) is 0 Å². The van der Waals surface area contributed by atoms with E-state index >= 15 is 0 Å². The first-order chi connectivity index (χ1) is 12.1. The second-order valence-electron chi connectivity index (χ2n) is 6.93. The van der Waals surface area contributed by atoms with Gasteiger partial charge in [0.15, 0.2) is 11.5 Å². The molecule has 5 heteroatoms. The minimum absolute atomic E-state index is 0.0776. The van der Waals surface area contributed by atoms with Crippen LogP contribution < -0.4 is 14.8 Å². The first-order valence-corrected chi connectivity index (χ1v) is 8.87. The lowest BCUT2D eigenvalue weighted by molar-refractivity contribution is 0.0896. The van der Waals surface area contributed by atoms with Crippen molar-refractivity contribution in [2.45, 2.75) is 45.1 Å². The van der Waals surface area contributed by atoms with E-state index in [0.717, 1.165) is 48.5 Å². The van der Waals surface area contributed by atoms with Gasteiger partial charge in [-0.3, -0.25) is 4.79 Å². The molecule has 4 rings (SSSR count). The zero-order valence-electron chi connectivity index (χ0n) is 14.7. The molecule has 1 aromatic carbocycles. The van der Waals surface area contributed by atoms with E-state index < -0.39 is 0 Å². The average molecular weight is 341 g/mol. The third-order valence-electron chi connectivity index (χ3n) is 5.19. The van der Waals surface area contributed by atoms with Gasteiger partial charge < -0.3 is 19.2 Å². The quantitative estimate of drug-likeness (QED) is 0.921. The topological polar surface area (TPSA) is 60.7 Å². The Morgan fingerprint density at radius 2 is 1.76 bits per heavy atom. The number of rotatable bonds is 3. The Morgan fingerprint density at radius 1 is 1.04 bits per heavy atom. The molecule has 0 bridgehead atoms. The smallest absolute Gasteiger partial charge is 0.255 e. The summed E-state index contributed by atoms with van der Waals surface area (Å²) in [6, 6.07) is 7.82. The molecule has 25 heavy (non-hydrogen) atoms. The maximum atomic E-state index is 12.9. The van der Waals surface area contributed by atoms with Crippen LogP contribution in [0.4, 0.5) is 0 Å². The van der Waals surface area contributed by atoms with Crippen molar-refractivity contribution in [3.05, 3.63) is 46.9 Å². The molecular formula is C20H23NO4. The molecule has 1 N–H and O–H groups in total. The summed E-state index contributed by atoms with van der Waals surface area (Å²) in [6.45, 7) is 4.82. The third-order valence-corrected chi connectivity index (χ3v) is 5.19. The Labute approximate surface area is 147 Å². The summed E-state index contributed by atoms with van der Waals surface area (Å²) < 4.78 is 16.9. The summed E-state index contributed by atoms with van der Waals surface area (Å²) in [6.07, 6.45) is 4.04. The Morgan fingerprint density at radius 3 is 2.44 bits per heavy atom. The molecule has 0 radical (unpaired) electrons. The molecule has 5 nitrogen and oxygen atoms in total. The lowest BCUT2D eigenvalue weighted by Gasteiger charge is -2.32. The summed E-state index contributed by atoms with van der Waals surface area (Å²) in [5, 5.41) is 3.29. The van der Waals surface area contributed by atoms with Crippen LogP contribution in [0.3, 0.4) is 0 Å². The van der Waals surface area contributed by atoms with Crippen molar-refractivity contribution in [3.63, 3.8) is 0 Å². The van der Waals surface area contributed by atoms with Gasteiger partial charge in [-0.15, -0.1) is 0 Å². The van der Waals surface area contributed by atoms with Crippen LogP contribution in [0, 0.1) is 13.8 Å². The molecule has 2 aromatic rings. The molecule has 1 saturated carbocycles. The van der Waals surface area contributed by atoms with Crippen LogP contribution in [0.1, 0.15) is 53.1 Å². The third kappa shape index (κ3) is 2.88. The van der Waals surface area contributed by atoms with Crippen molar-refractivity contribution in [3.8, 4) is 11.5 Å². The van der Waals surface area contributed by atoms with Crippen LogP contribution in [0.2, 0.25) is 0 Å². The van der Waals surface area contributed by atoms with Crippen LogP contribution in [-0.2, 0) is 5.54 Å². The number of benzene rings is 1. The van der Waals surface area contributed by atoms with Crippen molar-refractivity contribution >= 4 is 5.91 Å². The van der Waals surface area contributed by atoms with Gasteiger partial charge in [0.2, 0.25) is 0 Å². The van der Waals surface area contributed by atoms with Gasteiger partial charge in [0, 0.05) is 0 Å². The lowest BCUT2D eigenvalue weighted by atomic mass is 9.87. The maximum absolute atomic E-state index is 12.9. The minimum Gasteiger partial charge on any atom is -0.486 e. The number of fused-ring (bicyclic) bond motifs is 1. The van der Waals surface area contributed by atoms with E-state index in [2.05, 4.69) is 5.32 Å². The molecule has 0 atom stereocenters. The number of furan rings is 1. The lowest BCUT2D eigenvalue weighted by Crippen LogP contribution is -2.44. The van der Waals surface area contributed by atoms with Gasteiger partial charge in [0.1, 0.15) is 24.7 Å². The molecule has 1 aromatic heterocycles. The number of amides is 1. The van der Waals surface area contributed by atoms with Gasteiger partial charge in [-0.25, -0.2) is 0 Å². The van der Waals surface area contributed by atoms with E-state index in [1.807, 2.05) is 32.0 Å². The van der Waals surface area contributed by atoms with Gasteiger partial charge in [0.05, 0.1) is 11.1 Å². The first-order valence-electron chi connectivity index (χ1n) is 8.87. The van der Waals surface area contributed by atoms with Crippen molar-refractivity contribution in [1.29, 1.82) is 0 Å². The summed E-state index contributed by atoms with van der Waals surface area (Å²) in [7, 11) is 0. The van der Waals surface area contributed by atoms with E-state index in [-0.39, 0.29) is 11.4 Å². The molecule has 132 valence electrons. The van der Waals surface area contributed by atoms with Crippen molar-refractivity contribution < 1.29 is 18.7 Å². The second-order valence-corrected chi connectivity index (χ2v) is 6.93. The summed E-state index contributed by atoms with van der Waals surface area (Å²) in [4.78, 5) is 12.9. The number of hydrogen-bond acceptors (Lipinski definition) is 4. The monoisotopic (exact) mass is 341 g/mol. The van der Waals surface area contributed by atoms with E-state index in [1.54, 1.807) is 6.07 Å². The summed E-state index contributed by atoms with van der Waals surface area (Å²) in [5.74, 6) is 2.87. The van der Waals surface area contributed by atoms with E-state index in [4.69, 9.17) is 13.9 Å². The highest BCUT2D eigenvalue weighted by molar-refractivity contribution is 5.95. The Kier molecular flexibility index (Phi) is 3.94. The number of ether oxygens (including phenoxy) is 2. The highest BCUT2D eigenvalue weighted by Crippen LogP contribution is 2.42. The molecule has 0 unspecified atom stereocenters. The zero-order chi connectivity index (χ0) is 17.4. The van der Waals surface area contributed by atoms with E-state index in [0.29, 0.717) is 24.5 Å². The molecule has 1 fully saturated rings. The van der Waals surface area contributed by atoms with Gasteiger partial charge >= 0.3 is 0 Å². The van der Waals surface area contributed by atoms with Crippen LogP contribution in [0.25, 0.3) is 0 Å². The highest BCUT2D eigenvalue weighted by atomic mass is 16.6. The number of carbonyl (C=O) groups is 1. The fourth-order valence-corrected chi connectivity index (χ4v) is 3.95. The zero-order valence-corrected chi connectivity index (χ0v) is 14.7. The fraction of sp³-hybridized carbons (Fsp3) is 0.450. The van der Waals surface area contributed by atoms with Crippen LogP contribution in [-0.4, -0.2) is 19.1 Å². The van der Waals surface area contributed by atoms with Crippen LogP contribution in [0.5, 0.6) is 11.5 Å². The molecule has 1 aliphatic carbocycles. The number of carbonyl (C=O) groups excluding carboxylic acids is 1. The fourth-order valence-electron chi connectivity index (χ4n) is 3.95.